The minimum Gasteiger partial charge on any atom is -0.276 e. The molecule has 0 bridgehead atoms. The van der Waals surface area contributed by atoms with Gasteiger partial charge in [0, 0.05) is 4.47 Å². The zero-order valence-corrected chi connectivity index (χ0v) is 9.50. The molecule has 64 valence electrons. The van der Waals surface area contributed by atoms with E-state index >= 15 is 0 Å². The van der Waals surface area contributed by atoms with Crippen LogP contribution < -0.4 is 0 Å². The lowest BCUT2D eigenvalue weighted by Crippen LogP contribution is -1.93. The third-order valence-electron chi connectivity index (χ3n) is 1.20. The fourth-order valence-electron chi connectivity index (χ4n) is 0.699. The highest BCUT2D eigenvalue weighted by Crippen LogP contribution is 2.26. The van der Waals surface area contributed by atoms with Gasteiger partial charge >= 0.3 is 0 Å². The number of rotatable bonds is 1. The maximum Gasteiger partial charge on any atom is 0.253 e. The number of halogens is 4. The minimum atomic E-state index is -0.693. The van der Waals surface area contributed by atoms with Gasteiger partial charge in [0.2, 0.25) is 0 Å². The quantitative estimate of drug-likeness (QED) is 0.570. The lowest BCUT2D eigenvalue weighted by atomic mass is 10.2. The first-order valence-corrected chi connectivity index (χ1v) is 4.83. The molecule has 12 heavy (non-hydrogen) atoms. The normalized spacial score (nSPS) is 10.0. The van der Waals surface area contributed by atoms with Gasteiger partial charge in [-0.05, 0) is 39.7 Å². The van der Waals surface area contributed by atoms with E-state index in [0.717, 1.165) is 0 Å². The van der Waals surface area contributed by atoms with E-state index in [9.17, 15) is 9.18 Å². The molecule has 0 aromatic heterocycles. The molecule has 0 atom stereocenters. The van der Waals surface area contributed by atoms with Gasteiger partial charge in [-0.3, -0.25) is 4.79 Å². The number of hydrogen-bond acceptors (Lipinski definition) is 1. The standard InChI is InChI=1S/C7H2Br2ClFO/c8-3-1-4(7(10)12)6(9)5(11)2-3/h1-2H. The van der Waals surface area contributed by atoms with Crippen molar-refractivity contribution in [1.29, 1.82) is 0 Å². The van der Waals surface area contributed by atoms with Crippen molar-refractivity contribution in [3.63, 3.8) is 0 Å². The van der Waals surface area contributed by atoms with Crippen LogP contribution in [-0.2, 0) is 0 Å². The lowest BCUT2D eigenvalue weighted by Gasteiger charge is -2.00. The predicted molar refractivity (Wildman–Crippen MR) is 52.0 cm³/mol. The van der Waals surface area contributed by atoms with Crippen LogP contribution in [0.25, 0.3) is 0 Å². The van der Waals surface area contributed by atoms with Crippen LogP contribution in [0.5, 0.6) is 0 Å². The van der Waals surface area contributed by atoms with Crippen molar-refractivity contribution in [2.75, 3.05) is 0 Å². The van der Waals surface area contributed by atoms with Crippen LogP contribution in [0.3, 0.4) is 0 Å². The van der Waals surface area contributed by atoms with Gasteiger partial charge in [0.1, 0.15) is 5.82 Å². The van der Waals surface area contributed by atoms with E-state index in [0.29, 0.717) is 4.47 Å². The van der Waals surface area contributed by atoms with E-state index in [1.165, 1.54) is 12.1 Å². The molecule has 0 unspecified atom stereocenters. The smallest absolute Gasteiger partial charge is 0.253 e. The Morgan fingerprint density at radius 3 is 2.50 bits per heavy atom. The molecule has 0 N–H and O–H groups in total. The first-order chi connectivity index (χ1) is 5.52. The van der Waals surface area contributed by atoms with Crippen molar-refractivity contribution in [3.8, 4) is 0 Å². The molecular formula is C7H2Br2ClFO. The van der Waals surface area contributed by atoms with Gasteiger partial charge in [0.05, 0.1) is 10.0 Å². The summed E-state index contributed by atoms with van der Waals surface area (Å²) in [5, 5.41) is -0.693. The number of hydrogen-bond donors (Lipinski definition) is 0. The molecule has 0 heterocycles. The molecule has 1 aromatic carbocycles. The van der Waals surface area contributed by atoms with E-state index in [2.05, 4.69) is 31.9 Å². The van der Waals surface area contributed by atoms with Crippen LogP contribution in [-0.4, -0.2) is 5.24 Å². The summed E-state index contributed by atoms with van der Waals surface area (Å²) in [7, 11) is 0. The Balaban J connectivity index is 3.37. The van der Waals surface area contributed by atoms with Crippen LogP contribution in [0.15, 0.2) is 21.1 Å². The molecule has 0 radical (unpaired) electrons. The van der Waals surface area contributed by atoms with Gasteiger partial charge in [0.25, 0.3) is 5.24 Å². The molecular weight excluding hydrogens is 314 g/mol. The van der Waals surface area contributed by atoms with Crippen LogP contribution in [0.2, 0.25) is 0 Å². The summed E-state index contributed by atoms with van der Waals surface area (Å²) >= 11 is 11.2. The van der Waals surface area contributed by atoms with Gasteiger partial charge < -0.3 is 0 Å². The summed E-state index contributed by atoms with van der Waals surface area (Å²) in [6.07, 6.45) is 0. The van der Waals surface area contributed by atoms with E-state index in [4.69, 9.17) is 11.6 Å². The van der Waals surface area contributed by atoms with Crippen LogP contribution in [0, 0.1) is 5.82 Å². The minimum absolute atomic E-state index is 0.0886. The second-order valence-corrected chi connectivity index (χ2v) is 4.07. The average Bonchev–Trinajstić information content (AvgIpc) is 1.96. The Bertz CT molecular complexity index is 340. The van der Waals surface area contributed by atoms with Gasteiger partial charge in [-0.1, -0.05) is 15.9 Å². The summed E-state index contributed by atoms with van der Waals surface area (Å²) in [5.41, 5.74) is 0.114. The van der Waals surface area contributed by atoms with Crippen LogP contribution in [0.1, 0.15) is 10.4 Å². The third kappa shape index (κ3) is 2.06. The predicted octanol–water partition coefficient (Wildman–Crippen LogP) is 3.73. The van der Waals surface area contributed by atoms with Crippen molar-refractivity contribution in [3.05, 3.63) is 32.5 Å². The van der Waals surface area contributed by atoms with Crippen molar-refractivity contribution in [2.45, 2.75) is 0 Å². The van der Waals surface area contributed by atoms with Crippen molar-refractivity contribution in [1.82, 2.24) is 0 Å². The number of carbonyl (C=O) groups excluding carboxylic acids is 1. The van der Waals surface area contributed by atoms with Crippen LogP contribution in [0.4, 0.5) is 4.39 Å². The van der Waals surface area contributed by atoms with E-state index < -0.39 is 11.1 Å². The highest BCUT2D eigenvalue weighted by atomic mass is 79.9. The zero-order chi connectivity index (χ0) is 9.30. The molecule has 0 spiro atoms. The lowest BCUT2D eigenvalue weighted by molar-refractivity contribution is 0.108. The molecule has 1 aromatic rings. The molecule has 1 nitrogen and oxygen atoms in total. The molecule has 0 aliphatic heterocycles. The molecule has 0 aliphatic rings. The first kappa shape index (κ1) is 10.2. The Labute approximate surface area is 90.2 Å². The monoisotopic (exact) mass is 314 g/mol. The van der Waals surface area contributed by atoms with E-state index in [-0.39, 0.29) is 10.0 Å². The second-order valence-electron chi connectivity index (χ2n) is 2.02. The van der Waals surface area contributed by atoms with Gasteiger partial charge in [-0.2, -0.15) is 0 Å². The summed E-state index contributed by atoms with van der Waals surface area (Å²) < 4.78 is 13.5. The highest BCUT2D eigenvalue weighted by molar-refractivity contribution is 9.11. The largest absolute Gasteiger partial charge is 0.276 e. The number of benzene rings is 1. The fraction of sp³-hybridized carbons (Fsp3) is 0. The van der Waals surface area contributed by atoms with Crippen molar-refractivity contribution < 1.29 is 9.18 Å². The van der Waals surface area contributed by atoms with E-state index in [1.54, 1.807) is 0 Å². The molecule has 1 rings (SSSR count). The Hall–Kier alpha value is 0.0700. The molecule has 0 aliphatic carbocycles. The fourth-order valence-corrected chi connectivity index (χ4v) is 1.80. The van der Waals surface area contributed by atoms with Gasteiger partial charge in [-0.15, -0.1) is 0 Å². The SMILES string of the molecule is O=C(Cl)c1cc(Br)cc(F)c1Br. The van der Waals surface area contributed by atoms with E-state index in [1.807, 2.05) is 0 Å². The molecule has 5 heteroatoms. The topological polar surface area (TPSA) is 17.1 Å². The van der Waals surface area contributed by atoms with Crippen molar-refractivity contribution in [2.24, 2.45) is 0 Å². The maximum atomic E-state index is 12.9. The van der Waals surface area contributed by atoms with Gasteiger partial charge in [0.15, 0.2) is 0 Å². The summed E-state index contributed by atoms with van der Waals surface area (Å²) in [6, 6.07) is 2.69. The average molecular weight is 316 g/mol. The summed E-state index contributed by atoms with van der Waals surface area (Å²) in [5.74, 6) is -0.520. The maximum absolute atomic E-state index is 12.9. The summed E-state index contributed by atoms with van der Waals surface area (Å²) in [6.45, 7) is 0. The molecule has 0 amide bonds. The van der Waals surface area contributed by atoms with Crippen LogP contribution >= 0.6 is 43.5 Å². The second kappa shape index (κ2) is 3.85. The Morgan fingerprint density at radius 2 is 2.00 bits per heavy atom. The number of carbonyl (C=O) groups is 1. The van der Waals surface area contributed by atoms with Gasteiger partial charge in [-0.25, -0.2) is 4.39 Å². The zero-order valence-electron chi connectivity index (χ0n) is 5.57. The first-order valence-electron chi connectivity index (χ1n) is 2.86. The molecule has 0 fully saturated rings. The Morgan fingerprint density at radius 1 is 1.42 bits per heavy atom. The Kier molecular flexibility index (Phi) is 3.26. The van der Waals surface area contributed by atoms with Crippen molar-refractivity contribution >= 4 is 48.7 Å². The molecule has 0 saturated carbocycles. The third-order valence-corrected chi connectivity index (χ3v) is 2.67. The summed E-state index contributed by atoms with van der Waals surface area (Å²) in [4.78, 5) is 10.7. The molecule has 0 saturated heterocycles. The highest BCUT2D eigenvalue weighted by Gasteiger charge is 2.12.